The maximum Gasteiger partial charge on any atom is 0.305 e. The number of carbonyl (C=O) groups is 1. The van der Waals surface area contributed by atoms with Crippen LogP contribution in [0.1, 0.15) is 28.7 Å². The predicted octanol–water partition coefficient (Wildman–Crippen LogP) is 5.66. The van der Waals surface area contributed by atoms with Gasteiger partial charge in [0.1, 0.15) is 12.4 Å². The maximum atomic E-state index is 11.2. The number of esters is 1. The predicted molar refractivity (Wildman–Crippen MR) is 112 cm³/mol. The van der Waals surface area contributed by atoms with Gasteiger partial charge in [-0.25, -0.2) is 0 Å². The van der Waals surface area contributed by atoms with E-state index in [2.05, 4.69) is 61.0 Å². The zero-order valence-electron chi connectivity index (χ0n) is 16.7. The van der Waals surface area contributed by atoms with E-state index < -0.39 is 0 Å². The summed E-state index contributed by atoms with van der Waals surface area (Å²) in [5.74, 6) is 0.628. The molecule has 0 aliphatic heterocycles. The fourth-order valence-corrected chi connectivity index (χ4v) is 3.16. The standard InChI is InChI=1S/C25H26O3/c1-18-6-4-9-24(19(18)2)22-8-5-7-21(16-22)17-28-23-13-10-20(11-14-23)12-15-25(26)27-3/h4-11,13-14,16H,12,15,17H2,1-3H3. The fourth-order valence-electron chi connectivity index (χ4n) is 3.16. The number of ether oxygens (including phenoxy) is 2. The van der Waals surface area contributed by atoms with Crippen LogP contribution in [0.25, 0.3) is 11.1 Å². The number of rotatable bonds is 7. The Morgan fingerprint density at radius 2 is 1.64 bits per heavy atom. The molecule has 0 fully saturated rings. The summed E-state index contributed by atoms with van der Waals surface area (Å²) in [5.41, 5.74) is 7.30. The van der Waals surface area contributed by atoms with Crippen LogP contribution in [-0.2, 0) is 22.6 Å². The van der Waals surface area contributed by atoms with Gasteiger partial charge >= 0.3 is 5.97 Å². The number of methoxy groups -OCH3 is 1. The molecule has 144 valence electrons. The molecule has 3 heteroatoms. The zero-order valence-corrected chi connectivity index (χ0v) is 16.7. The average Bonchev–Trinajstić information content (AvgIpc) is 2.73. The molecule has 28 heavy (non-hydrogen) atoms. The second-order valence-corrected chi connectivity index (χ2v) is 6.96. The maximum absolute atomic E-state index is 11.2. The van der Waals surface area contributed by atoms with Gasteiger partial charge in [-0.3, -0.25) is 4.79 Å². The van der Waals surface area contributed by atoms with E-state index in [0.717, 1.165) is 16.9 Å². The molecule has 0 aliphatic rings. The largest absolute Gasteiger partial charge is 0.489 e. The van der Waals surface area contributed by atoms with Gasteiger partial charge in [0.25, 0.3) is 0 Å². The Hall–Kier alpha value is -3.07. The first-order chi connectivity index (χ1) is 13.6. The topological polar surface area (TPSA) is 35.5 Å². The molecule has 0 spiro atoms. The summed E-state index contributed by atoms with van der Waals surface area (Å²) < 4.78 is 10.6. The summed E-state index contributed by atoms with van der Waals surface area (Å²) in [6, 6.07) is 22.8. The van der Waals surface area contributed by atoms with E-state index in [-0.39, 0.29) is 5.97 Å². The zero-order chi connectivity index (χ0) is 19.9. The SMILES string of the molecule is COC(=O)CCc1ccc(OCc2cccc(-c3cccc(C)c3C)c2)cc1. The first-order valence-corrected chi connectivity index (χ1v) is 9.51. The summed E-state index contributed by atoms with van der Waals surface area (Å²) in [4.78, 5) is 11.2. The van der Waals surface area contributed by atoms with Gasteiger partial charge in [0, 0.05) is 6.42 Å². The van der Waals surface area contributed by atoms with Crippen molar-refractivity contribution < 1.29 is 14.3 Å². The quantitative estimate of drug-likeness (QED) is 0.501. The minimum atomic E-state index is -0.191. The van der Waals surface area contributed by atoms with Gasteiger partial charge in [-0.2, -0.15) is 0 Å². The van der Waals surface area contributed by atoms with Crippen LogP contribution in [0.4, 0.5) is 0 Å². The number of carbonyl (C=O) groups excluding carboxylic acids is 1. The number of benzene rings is 3. The Kier molecular flexibility index (Phi) is 6.49. The minimum absolute atomic E-state index is 0.191. The van der Waals surface area contributed by atoms with E-state index in [4.69, 9.17) is 4.74 Å². The summed E-state index contributed by atoms with van der Waals surface area (Å²) in [7, 11) is 1.41. The molecule has 0 atom stereocenters. The van der Waals surface area contributed by atoms with Gasteiger partial charge in [0.05, 0.1) is 7.11 Å². The number of aryl methyl sites for hydroxylation is 2. The van der Waals surface area contributed by atoms with Crippen LogP contribution in [0.3, 0.4) is 0 Å². The Morgan fingerprint density at radius 1 is 0.893 bits per heavy atom. The molecule has 0 radical (unpaired) electrons. The van der Waals surface area contributed by atoms with E-state index in [1.807, 2.05) is 24.3 Å². The van der Waals surface area contributed by atoms with Crippen LogP contribution in [-0.4, -0.2) is 13.1 Å². The summed E-state index contributed by atoms with van der Waals surface area (Å²) in [6.07, 6.45) is 1.06. The van der Waals surface area contributed by atoms with Crippen molar-refractivity contribution in [2.45, 2.75) is 33.3 Å². The molecule has 0 amide bonds. The highest BCUT2D eigenvalue weighted by Gasteiger charge is 2.06. The van der Waals surface area contributed by atoms with Crippen molar-refractivity contribution in [3.8, 4) is 16.9 Å². The summed E-state index contributed by atoms with van der Waals surface area (Å²) in [6.45, 7) is 4.82. The van der Waals surface area contributed by atoms with Crippen molar-refractivity contribution in [1.82, 2.24) is 0 Å². The third kappa shape index (κ3) is 5.01. The molecule has 3 aromatic rings. The lowest BCUT2D eigenvalue weighted by Crippen LogP contribution is -2.02. The smallest absolute Gasteiger partial charge is 0.305 e. The van der Waals surface area contributed by atoms with E-state index in [1.165, 1.54) is 29.4 Å². The summed E-state index contributed by atoms with van der Waals surface area (Å²) >= 11 is 0. The highest BCUT2D eigenvalue weighted by Crippen LogP contribution is 2.26. The van der Waals surface area contributed by atoms with Crippen LogP contribution >= 0.6 is 0 Å². The lowest BCUT2D eigenvalue weighted by atomic mass is 9.96. The van der Waals surface area contributed by atoms with Crippen molar-refractivity contribution in [1.29, 1.82) is 0 Å². The van der Waals surface area contributed by atoms with Crippen LogP contribution in [0.15, 0.2) is 66.7 Å². The molecule has 0 heterocycles. The van der Waals surface area contributed by atoms with Crippen LogP contribution in [0, 0.1) is 13.8 Å². The van der Waals surface area contributed by atoms with Gasteiger partial charge in [0.2, 0.25) is 0 Å². The monoisotopic (exact) mass is 374 g/mol. The molecule has 0 saturated heterocycles. The number of hydrogen-bond donors (Lipinski definition) is 0. The minimum Gasteiger partial charge on any atom is -0.489 e. The van der Waals surface area contributed by atoms with E-state index >= 15 is 0 Å². The molecule has 0 unspecified atom stereocenters. The Morgan fingerprint density at radius 3 is 2.39 bits per heavy atom. The molecule has 3 rings (SSSR count). The Balaban J connectivity index is 1.63. The first kappa shape index (κ1) is 19.7. The highest BCUT2D eigenvalue weighted by molar-refractivity contribution is 5.69. The normalized spacial score (nSPS) is 10.5. The Bertz CT molecular complexity index is 942. The molecule has 0 aromatic heterocycles. The highest BCUT2D eigenvalue weighted by atomic mass is 16.5. The lowest BCUT2D eigenvalue weighted by Gasteiger charge is -2.11. The van der Waals surface area contributed by atoms with Crippen LogP contribution < -0.4 is 4.74 Å². The molecule has 0 saturated carbocycles. The molecule has 3 nitrogen and oxygen atoms in total. The molecular weight excluding hydrogens is 348 g/mol. The molecule has 0 aliphatic carbocycles. The summed E-state index contributed by atoms with van der Waals surface area (Å²) in [5, 5.41) is 0. The first-order valence-electron chi connectivity index (χ1n) is 9.51. The van der Waals surface area contributed by atoms with E-state index in [1.54, 1.807) is 0 Å². The molecule has 0 N–H and O–H groups in total. The van der Waals surface area contributed by atoms with Crippen molar-refractivity contribution in [2.75, 3.05) is 7.11 Å². The molecular formula is C25H26O3. The van der Waals surface area contributed by atoms with Gasteiger partial charge in [-0.15, -0.1) is 0 Å². The molecule has 3 aromatic carbocycles. The van der Waals surface area contributed by atoms with Crippen LogP contribution in [0.2, 0.25) is 0 Å². The van der Waals surface area contributed by atoms with Gasteiger partial charge in [-0.1, -0.05) is 48.5 Å². The Labute approximate surface area is 166 Å². The third-order valence-electron chi connectivity index (χ3n) is 5.02. The average molecular weight is 374 g/mol. The second-order valence-electron chi connectivity index (χ2n) is 6.96. The van der Waals surface area contributed by atoms with Crippen molar-refractivity contribution in [3.63, 3.8) is 0 Å². The molecule has 0 bridgehead atoms. The van der Waals surface area contributed by atoms with E-state index in [9.17, 15) is 4.79 Å². The van der Waals surface area contributed by atoms with Gasteiger partial charge < -0.3 is 9.47 Å². The number of hydrogen-bond acceptors (Lipinski definition) is 3. The second kappa shape index (κ2) is 9.23. The van der Waals surface area contributed by atoms with Gasteiger partial charge in [-0.05, 0) is 71.8 Å². The van der Waals surface area contributed by atoms with Crippen molar-refractivity contribution >= 4 is 5.97 Å². The fraction of sp³-hybridized carbons (Fsp3) is 0.240. The van der Waals surface area contributed by atoms with Crippen LogP contribution in [0.5, 0.6) is 5.75 Å². The van der Waals surface area contributed by atoms with Crippen molar-refractivity contribution in [2.24, 2.45) is 0 Å². The third-order valence-corrected chi connectivity index (χ3v) is 5.02. The van der Waals surface area contributed by atoms with Crippen molar-refractivity contribution in [3.05, 3.63) is 89.0 Å². The van der Waals surface area contributed by atoms with E-state index in [0.29, 0.717) is 19.4 Å². The van der Waals surface area contributed by atoms with Gasteiger partial charge in [0.15, 0.2) is 0 Å². The lowest BCUT2D eigenvalue weighted by molar-refractivity contribution is -0.140.